The Bertz CT molecular complexity index is 1810. The summed E-state index contributed by atoms with van der Waals surface area (Å²) in [6.45, 7) is 2.71. The standard InChI is InChI=1S/C41H63N11O12/c1-3-4-14-27-36(59)52-29(21-25-12-7-5-8-13-25)38(61)49-26(15-11-20-45-41(42)43)35(58)46-23-33(55)48-30(22-34(56)57)39(62)51-28(37(60)50-27)17-18-31(53)44-19-10-6-9-16-32(54)47-24(2)40(63)64/h5,7-8,12-13,24,26-30H,3-4,6,9-11,14-23H2,1-2H3,(H,44,53)(H,46,58)(H,47,54)(H,48,55)(H,49,61)(H,50,60)(H,51,62)(H,52,59)(H,56,57)(H,63,64)(H4,42,43,45). The van der Waals surface area contributed by atoms with E-state index in [2.05, 4.69) is 47.5 Å². The number of unbranched alkanes of at least 4 members (excludes halogenated alkanes) is 3. The van der Waals surface area contributed by atoms with E-state index < -0.39 is 108 Å². The first-order chi connectivity index (χ1) is 30.4. The molecule has 1 aliphatic heterocycles. The van der Waals surface area contributed by atoms with Crippen molar-refractivity contribution in [1.82, 2.24) is 42.5 Å². The maximum atomic E-state index is 14.0. The highest BCUT2D eigenvalue weighted by atomic mass is 16.4. The smallest absolute Gasteiger partial charge is 0.325 e. The molecule has 1 saturated heterocycles. The maximum Gasteiger partial charge on any atom is 0.325 e. The number of guanidine groups is 1. The second-order valence-electron chi connectivity index (χ2n) is 15.3. The molecule has 1 aromatic rings. The second kappa shape index (κ2) is 28.7. The Hall–Kier alpha value is -6.81. The summed E-state index contributed by atoms with van der Waals surface area (Å²) < 4.78 is 0. The van der Waals surface area contributed by atoms with Gasteiger partial charge in [0.2, 0.25) is 47.3 Å². The molecule has 0 aromatic heterocycles. The minimum atomic E-state index is -1.76. The van der Waals surface area contributed by atoms with Gasteiger partial charge in [-0.25, -0.2) is 0 Å². The topological polar surface area (TPSA) is 372 Å². The Morgan fingerprint density at radius 1 is 0.703 bits per heavy atom. The first-order valence-corrected chi connectivity index (χ1v) is 21.3. The van der Waals surface area contributed by atoms with E-state index in [1.807, 2.05) is 6.92 Å². The third-order valence-corrected chi connectivity index (χ3v) is 9.87. The number of carbonyl (C=O) groups excluding carboxylic acids is 8. The quantitative estimate of drug-likeness (QED) is 0.0327. The third-order valence-electron chi connectivity index (χ3n) is 9.87. The number of benzene rings is 1. The molecule has 6 atom stereocenters. The molecule has 0 spiro atoms. The van der Waals surface area contributed by atoms with Gasteiger partial charge in [0.05, 0.1) is 13.0 Å². The fraction of sp³-hybridized carbons (Fsp3) is 0.585. The van der Waals surface area contributed by atoms with E-state index in [1.165, 1.54) is 6.92 Å². The summed E-state index contributed by atoms with van der Waals surface area (Å²) in [7, 11) is 0. The van der Waals surface area contributed by atoms with Crippen molar-refractivity contribution in [3.8, 4) is 0 Å². The molecule has 0 bridgehead atoms. The summed E-state index contributed by atoms with van der Waals surface area (Å²) in [5.41, 5.74) is 11.5. The van der Waals surface area contributed by atoms with Crippen LogP contribution in [0.3, 0.4) is 0 Å². The second-order valence-corrected chi connectivity index (χ2v) is 15.3. The number of aliphatic imine (C=N–C) groups is 1. The molecule has 6 unspecified atom stereocenters. The molecule has 1 aliphatic rings. The Morgan fingerprint density at radius 3 is 1.89 bits per heavy atom. The van der Waals surface area contributed by atoms with Gasteiger partial charge in [0.25, 0.3) is 0 Å². The lowest BCUT2D eigenvalue weighted by Crippen LogP contribution is -2.60. The van der Waals surface area contributed by atoms with Crippen LogP contribution in [0.5, 0.6) is 0 Å². The number of hydrogen-bond acceptors (Lipinski definition) is 11. The number of rotatable bonds is 22. The molecular weight excluding hydrogens is 839 g/mol. The lowest BCUT2D eigenvalue weighted by Gasteiger charge is -2.28. The van der Waals surface area contributed by atoms with Gasteiger partial charge >= 0.3 is 11.9 Å². The van der Waals surface area contributed by atoms with Crippen LogP contribution in [0.15, 0.2) is 35.3 Å². The third kappa shape index (κ3) is 21.3. The van der Waals surface area contributed by atoms with Crippen molar-refractivity contribution in [3.63, 3.8) is 0 Å². The van der Waals surface area contributed by atoms with Crippen LogP contribution in [0.1, 0.15) is 96.5 Å². The molecule has 1 fully saturated rings. The molecule has 23 nitrogen and oxygen atoms in total. The molecular formula is C41H63N11O12. The van der Waals surface area contributed by atoms with E-state index in [0.29, 0.717) is 37.7 Å². The highest BCUT2D eigenvalue weighted by Crippen LogP contribution is 2.10. The van der Waals surface area contributed by atoms with Gasteiger partial charge in [0.1, 0.15) is 36.3 Å². The Kier molecular flexibility index (Phi) is 23.9. The lowest BCUT2D eigenvalue weighted by molar-refractivity contribution is -0.141. The van der Waals surface area contributed by atoms with E-state index in [9.17, 15) is 53.1 Å². The maximum absolute atomic E-state index is 14.0. The summed E-state index contributed by atoms with van der Waals surface area (Å²) in [6, 6.07) is 0.551. The predicted molar refractivity (Wildman–Crippen MR) is 230 cm³/mol. The molecule has 2 rings (SSSR count). The van der Waals surface area contributed by atoms with Gasteiger partial charge in [-0.2, -0.15) is 0 Å². The molecule has 1 heterocycles. The van der Waals surface area contributed by atoms with E-state index in [-0.39, 0.29) is 64.0 Å². The van der Waals surface area contributed by atoms with Gasteiger partial charge in [-0.05, 0) is 51.0 Å². The summed E-state index contributed by atoms with van der Waals surface area (Å²) in [5.74, 6) is -9.14. The zero-order valence-corrected chi connectivity index (χ0v) is 36.2. The van der Waals surface area contributed by atoms with Crippen LogP contribution in [-0.4, -0.2) is 131 Å². The first-order valence-electron chi connectivity index (χ1n) is 21.3. The largest absolute Gasteiger partial charge is 0.481 e. The first kappa shape index (κ1) is 53.3. The molecule has 14 N–H and O–H groups in total. The van der Waals surface area contributed by atoms with E-state index in [1.54, 1.807) is 30.3 Å². The average Bonchev–Trinajstić information content (AvgIpc) is 3.24. The van der Waals surface area contributed by atoms with Crippen LogP contribution in [0.25, 0.3) is 0 Å². The van der Waals surface area contributed by atoms with Gasteiger partial charge in [0, 0.05) is 32.4 Å². The van der Waals surface area contributed by atoms with E-state index >= 15 is 0 Å². The van der Waals surface area contributed by atoms with Gasteiger partial charge in [-0.3, -0.25) is 52.9 Å². The molecule has 0 aliphatic carbocycles. The van der Waals surface area contributed by atoms with Crippen molar-refractivity contribution in [2.45, 2.75) is 134 Å². The summed E-state index contributed by atoms with van der Waals surface area (Å²) in [4.78, 5) is 134. The summed E-state index contributed by atoms with van der Waals surface area (Å²) in [5, 5.41) is 38.6. The van der Waals surface area contributed by atoms with Crippen LogP contribution in [0.2, 0.25) is 0 Å². The monoisotopic (exact) mass is 901 g/mol. The summed E-state index contributed by atoms with van der Waals surface area (Å²) in [6.07, 6.45) is 1.17. The van der Waals surface area contributed by atoms with E-state index in [4.69, 9.17) is 16.6 Å². The molecule has 8 amide bonds. The van der Waals surface area contributed by atoms with Crippen molar-refractivity contribution >= 4 is 65.2 Å². The number of nitrogens with two attached hydrogens (primary N) is 2. The van der Waals surface area contributed by atoms with E-state index in [0.717, 1.165) is 0 Å². The van der Waals surface area contributed by atoms with Crippen LogP contribution in [0.4, 0.5) is 0 Å². The average molecular weight is 902 g/mol. The van der Waals surface area contributed by atoms with Crippen molar-refractivity contribution in [1.29, 1.82) is 0 Å². The minimum absolute atomic E-state index is 0.0162. The minimum Gasteiger partial charge on any atom is -0.481 e. The normalized spacial score (nSPS) is 20.6. The molecule has 23 heteroatoms. The number of amides is 8. The van der Waals surface area contributed by atoms with Crippen molar-refractivity contribution < 1.29 is 58.2 Å². The van der Waals surface area contributed by atoms with Crippen LogP contribution < -0.4 is 54.0 Å². The summed E-state index contributed by atoms with van der Waals surface area (Å²) >= 11 is 0. The van der Waals surface area contributed by atoms with Gasteiger partial charge in [-0.15, -0.1) is 0 Å². The Balaban J connectivity index is 2.39. The Morgan fingerprint density at radius 2 is 1.28 bits per heavy atom. The SMILES string of the molecule is CCCCC1NC(=O)C(CCC(=O)NCCCCCC(=O)NC(C)C(=O)O)NC(=O)C(CC(=O)O)NC(=O)CNC(=O)C(CCCN=C(N)N)NC(=O)C(Cc2ccccc2)NC1=O. The van der Waals surface area contributed by atoms with Crippen LogP contribution >= 0.6 is 0 Å². The fourth-order valence-electron chi connectivity index (χ4n) is 6.34. The number of aliphatic carboxylic acids is 2. The number of carboxylic acid groups (broad SMARTS) is 2. The van der Waals surface area contributed by atoms with Crippen molar-refractivity contribution in [3.05, 3.63) is 35.9 Å². The van der Waals surface area contributed by atoms with Crippen LogP contribution in [0, 0.1) is 0 Å². The van der Waals surface area contributed by atoms with Crippen molar-refractivity contribution in [2.75, 3.05) is 19.6 Å². The molecule has 64 heavy (non-hydrogen) atoms. The van der Waals surface area contributed by atoms with Crippen LogP contribution in [-0.2, 0) is 54.4 Å². The number of carbonyl (C=O) groups is 10. The highest BCUT2D eigenvalue weighted by Gasteiger charge is 2.34. The van der Waals surface area contributed by atoms with Gasteiger partial charge < -0.3 is 64.2 Å². The highest BCUT2D eigenvalue weighted by molar-refractivity contribution is 5.98. The molecule has 354 valence electrons. The Labute approximate surface area is 370 Å². The van der Waals surface area contributed by atoms with Gasteiger partial charge in [0.15, 0.2) is 5.96 Å². The zero-order valence-electron chi connectivity index (χ0n) is 36.2. The van der Waals surface area contributed by atoms with Gasteiger partial charge in [-0.1, -0.05) is 56.5 Å². The molecule has 1 aromatic carbocycles. The number of hydrogen-bond donors (Lipinski definition) is 12. The van der Waals surface area contributed by atoms with Crippen molar-refractivity contribution in [2.24, 2.45) is 16.5 Å². The predicted octanol–water partition coefficient (Wildman–Crippen LogP) is -2.45. The number of nitrogens with one attached hydrogen (secondary N) is 8. The fourth-order valence-corrected chi connectivity index (χ4v) is 6.34. The molecule has 0 radical (unpaired) electrons. The molecule has 0 saturated carbocycles. The zero-order chi connectivity index (χ0) is 47.6. The number of carboxylic acids is 2. The number of nitrogens with zero attached hydrogens (tertiary/aromatic N) is 1. The lowest BCUT2D eigenvalue weighted by atomic mass is 10.0.